The predicted octanol–water partition coefficient (Wildman–Crippen LogP) is 3.68. The van der Waals surface area contributed by atoms with Gasteiger partial charge < -0.3 is 9.47 Å². The van der Waals surface area contributed by atoms with Crippen molar-refractivity contribution in [2.45, 2.75) is 59.7 Å². The molecule has 25 heavy (non-hydrogen) atoms. The monoisotopic (exact) mass is 348 g/mol. The van der Waals surface area contributed by atoms with E-state index in [9.17, 15) is 14.4 Å². The summed E-state index contributed by atoms with van der Waals surface area (Å²) in [7, 11) is 0. The van der Waals surface area contributed by atoms with Crippen molar-refractivity contribution in [2.24, 2.45) is 0 Å². The van der Waals surface area contributed by atoms with E-state index < -0.39 is 29.1 Å². The first-order chi connectivity index (χ1) is 11.3. The first-order valence-corrected chi connectivity index (χ1v) is 8.01. The molecule has 1 aromatic heterocycles. The molecular formula is C18H24N2O5. The molecule has 0 aliphatic carbocycles. The van der Waals surface area contributed by atoms with E-state index >= 15 is 0 Å². The lowest BCUT2D eigenvalue weighted by Gasteiger charge is -2.19. The van der Waals surface area contributed by atoms with Gasteiger partial charge in [-0.15, -0.1) is 0 Å². The smallest absolute Gasteiger partial charge is 0.423 e. The molecule has 0 bridgehead atoms. The molecule has 136 valence electrons. The van der Waals surface area contributed by atoms with E-state index in [4.69, 9.17) is 9.47 Å². The topological polar surface area (TPSA) is 79.5 Å². The molecule has 2 aromatic rings. The summed E-state index contributed by atoms with van der Waals surface area (Å²) in [4.78, 5) is 37.8. The number of nitrogens with zero attached hydrogens (tertiary/aromatic N) is 2. The number of aryl methyl sites for hydroxylation is 1. The highest BCUT2D eigenvalue weighted by Gasteiger charge is 2.28. The highest BCUT2D eigenvalue weighted by Crippen LogP contribution is 2.19. The summed E-state index contributed by atoms with van der Waals surface area (Å²) in [5, 5.41) is 0. The summed E-state index contributed by atoms with van der Waals surface area (Å²) in [6.45, 7) is 12.0. The summed E-state index contributed by atoms with van der Waals surface area (Å²) >= 11 is 0. The Hall–Kier alpha value is -2.57. The molecule has 7 nitrogen and oxygen atoms in total. The minimum absolute atomic E-state index is 0.288. The number of hydrogen-bond acceptors (Lipinski definition) is 5. The number of carbonyl (C=O) groups excluding carboxylic acids is 2. The van der Waals surface area contributed by atoms with Crippen molar-refractivity contribution in [2.75, 3.05) is 0 Å². The Labute approximate surface area is 146 Å². The molecule has 0 fully saturated rings. The maximum absolute atomic E-state index is 12.8. The zero-order valence-electron chi connectivity index (χ0n) is 15.7. The van der Waals surface area contributed by atoms with Crippen molar-refractivity contribution in [3.05, 3.63) is 34.2 Å². The largest absolute Gasteiger partial charge is 0.443 e. The van der Waals surface area contributed by atoms with Crippen LogP contribution in [0, 0.1) is 6.92 Å². The van der Waals surface area contributed by atoms with E-state index in [0.717, 1.165) is 14.7 Å². The number of ether oxygens (including phenoxy) is 2. The lowest BCUT2D eigenvalue weighted by molar-refractivity contribution is 0.0518. The van der Waals surface area contributed by atoms with Gasteiger partial charge in [0.05, 0.1) is 11.0 Å². The average Bonchev–Trinajstić information content (AvgIpc) is 2.65. The van der Waals surface area contributed by atoms with Crippen LogP contribution in [0.15, 0.2) is 23.0 Å². The van der Waals surface area contributed by atoms with Crippen molar-refractivity contribution >= 4 is 23.2 Å². The Morgan fingerprint density at radius 3 is 1.72 bits per heavy atom. The van der Waals surface area contributed by atoms with E-state index in [1.165, 1.54) is 0 Å². The minimum atomic E-state index is -0.839. The van der Waals surface area contributed by atoms with Crippen LogP contribution in [0.25, 0.3) is 11.0 Å². The SMILES string of the molecule is Cc1ccc2c(c1)n(C(=O)OC(C)(C)C)c(=O)n2C(=O)OC(C)(C)C. The second-order valence-electron chi connectivity index (χ2n) is 7.91. The van der Waals surface area contributed by atoms with Gasteiger partial charge in [0.1, 0.15) is 11.2 Å². The van der Waals surface area contributed by atoms with Crippen LogP contribution in [0.5, 0.6) is 0 Å². The second kappa shape index (κ2) is 6.06. The standard InChI is InChI=1S/C18H24N2O5/c1-11-8-9-12-13(10-11)20(16(23)25-18(5,6)7)14(21)19(12)15(22)24-17(2,3)4/h8-10H,1-7H3. The van der Waals surface area contributed by atoms with Gasteiger partial charge in [-0.25, -0.2) is 14.4 Å². The molecule has 1 heterocycles. The van der Waals surface area contributed by atoms with Crippen LogP contribution < -0.4 is 5.69 Å². The molecule has 0 saturated heterocycles. The molecule has 0 radical (unpaired) electrons. The first kappa shape index (κ1) is 18.8. The molecule has 0 aliphatic rings. The lowest BCUT2D eigenvalue weighted by atomic mass is 10.2. The Bertz CT molecular complexity index is 891. The number of rotatable bonds is 0. The van der Waals surface area contributed by atoms with Gasteiger partial charge in [-0.2, -0.15) is 9.13 Å². The fourth-order valence-corrected chi connectivity index (χ4v) is 2.28. The van der Waals surface area contributed by atoms with E-state index in [2.05, 4.69) is 0 Å². The number of fused-ring (bicyclic) bond motifs is 1. The Morgan fingerprint density at radius 1 is 0.840 bits per heavy atom. The number of benzene rings is 1. The van der Waals surface area contributed by atoms with Crippen molar-refractivity contribution < 1.29 is 19.1 Å². The van der Waals surface area contributed by atoms with Crippen molar-refractivity contribution in [1.82, 2.24) is 9.13 Å². The second-order valence-corrected chi connectivity index (χ2v) is 7.91. The Morgan fingerprint density at radius 2 is 1.28 bits per heavy atom. The van der Waals surface area contributed by atoms with Crippen LogP contribution in [0.2, 0.25) is 0 Å². The fourth-order valence-electron chi connectivity index (χ4n) is 2.28. The van der Waals surface area contributed by atoms with Gasteiger partial charge in [0, 0.05) is 0 Å². The van der Waals surface area contributed by atoms with E-state index in [1.807, 2.05) is 6.92 Å². The molecular weight excluding hydrogens is 324 g/mol. The van der Waals surface area contributed by atoms with Crippen LogP contribution in [-0.2, 0) is 9.47 Å². The summed E-state index contributed by atoms with van der Waals surface area (Å²) in [5.41, 5.74) is -0.946. The molecule has 1 aromatic carbocycles. The highest BCUT2D eigenvalue weighted by atomic mass is 16.6. The number of carbonyl (C=O) groups is 2. The van der Waals surface area contributed by atoms with Crippen LogP contribution in [0.1, 0.15) is 47.1 Å². The van der Waals surface area contributed by atoms with Crippen LogP contribution >= 0.6 is 0 Å². The molecule has 0 aliphatic heterocycles. The maximum atomic E-state index is 12.8. The zero-order valence-corrected chi connectivity index (χ0v) is 15.7. The number of imidazole rings is 1. The third-order valence-electron chi connectivity index (χ3n) is 3.15. The highest BCUT2D eigenvalue weighted by molar-refractivity contribution is 5.93. The van der Waals surface area contributed by atoms with Crippen LogP contribution in [0.4, 0.5) is 9.59 Å². The van der Waals surface area contributed by atoms with E-state index in [0.29, 0.717) is 5.52 Å². The fraction of sp³-hybridized carbons (Fsp3) is 0.500. The minimum Gasteiger partial charge on any atom is -0.443 e. The first-order valence-electron chi connectivity index (χ1n) is 8.01. The Balaban J connectivity index is 2.69. The van der Waals surface area contributed by atoms with Gasteiger partial charge in [-0.05, 0) is 66.2 Å². The zero-order chi connectivity index (χ0) is 19.2. The molecule has 0 unspecified atom stereocenters. The predicted molar refractivity (Wildman–Crippen MR) is 94.2 cm³/mol. The molecule has 0 amide bonds. The molecule has 2 rings (SSSR count). The molecule has 0 spiro atoms. The van der Waals surface area contributed by atoms with Gasteiger partial charge in [-0.3, -0.25) is 0 Å². The van der Waals surface area contributed by atoms with Gasteiger partial charge in [-0.1, -0.05) is 6.07 Å². The molecule has 0 N–H and O–H groups in total. The quantitative estimate of drug-likeness (QED) is 0.725. The third-order valence-corrected chi connectivity index (χ3v) is 3.15. The van der Waals surface area contributed by atoms with Gasteiger partial charge in [0.25, 0.3) is 0 Å². The maximum Gasteiger partial charge on any atom is 0.423 e. The molecule has 0 atom stereocenters. The van der Waals surface area contributed by atoms with Gasteiger partial charge in [0.15, 0.2) is 0 Å². The number of hydrogen-bond donors (Lipinski definition) is 0. The molecule has 0 saturated carbocycles. The summed E-state index contributed by atoms with van der Waals surface area (Å²) < 4.78 is 12.3. The summed E-state index contributed by atoms with van der Waals surface area (Å²) in [5.74, 6) is 0. The average molecular weight is 348 g/mol. The third kappa shape index (κ3) is 4.10. The number of aromatic nitrogens is 2. The van der Waals surface area contributed by atoms with Gasteiger partial charge in [0.2, 0.25) is 0 Å². The van der Waals surface area contributed by atoms with Crippen molar-refractivity contribution in [3.63, 3.8) is 0 Å². The summed E-state index contributed by atoms with van der Waals surface area (Å²) in [6, 6.07) is 5.01. The van der Waals surface area contributed by atoms with Crippen molar-refractivity contribution in [3.8, 4) is 0 Å². The summed E-state index contributed by atoms with van der Waals surface area (Å²) in [6.07, 6.45) is -1.68. The van der Waals surface area contributed by atoms with Crippen molar-refractivity contribution in [1.29, 1.82) is 0 Å². The van der Waals surface area contributed by atoms with Crippen LogP contribution in [-0.4, -0.2) is 32.5 Å². The normalized spacial score (nSPS) is 12.3. The van der Waals surface area contributed by atoms with E-state index in [-0.39, 0.29) is 5.52 Å². The van der Waals surface area contributed by atoms with Crippen LogP contribution in [0.3, 0.4) is 0 Å². The molecule has 7 heteroatoms. The Kier molecular flexibility index (Phi) is 4.55. The van der Waals surface area contributed by atoms with Gasteiger partial charge >= 0.3 is 17.9 Å². The lowest BCUT2D eigenvalue weighted by Crippen LogP contribution is -2.38. The van der Waals surface area contributed by atoms with E-state index in [1.54, 1.807) is 59.7 Å².